The van der Waals surface area contributed by atoms with E-state index < -0.39 is 0 Å². The second kappa shape index (κ2) is 7.71. The van der Waals surface area contributed by atoms with Crippen LogP contribution in [0, 0.1) is 0 Å². The van der Waals surface area contributed by atoms with Crippen LogP contribution in [-0.2, 0) is 11.2 Å². The molecule has 0 fully saturated rings. The second-order valence-electron chi connectivity index (χ2n) is 5.83. The summed E-state index contributed by atoms with van der Waals surface area (Å²) in [6.07, 6.45) is 0.920. The molecule has 0 bridgehead atoms. The van der Waals surface area contributed by atoms with Crippen LogP contribution < -0.4 is 14.8 Å². The number of thioether (sulfide) groups is 1. The van der Waals surface area contributed by atoms with Crippen molar-refractivity contribution >= 4 is 23.4 Å². The van der Waals surface area contributed by atoms with Crippen molar-refractivity contribution in [2.24, 2.45) is 0 Å². The summed E-state index contributed by atoms with van der Waals surface area (Å²) >= 11 is 1.19. The van der Waals surface area contributed by atoms with Crippen LogP contribution >= 0.6 is 11.8 Å². The third-order valence-electron chi connectivity index (χ3n) is 3.97. The fourth-order valence-electron chi connectivity index (χ4n) is 2.61. The van der Waals surface area contributed by atoms with Crippen LogP contribution in [0.15, 0.2) is 52.1 Å². The average molecular weight is 383 g/mol. The zero-order chi connectivity index (χ0) is 18.6. The van der Waals surface area contributed by atoms with E-state index in [2.05, 4.69) is 22.4 Å². The Bertz CT molecular complexity index is 973. The van der Waals surface area contributed by atoms with Crippen LogP contribution in [-0.4, -0.2) is 28.7 Å². The van der Waals surface area contributed by atoms with E-state index in [1.165, 1.54) is 17.3 Å². The third-order valence-corrected chi connectivity index (χ3v) is 4.79. The zero-order valence-corrected chi connectivity index (χ0v) is 15.4. The predicted octanol–water partition coefficient (Wildman–Crippen LogP) is 3.76. The molecule has 3 aromatic rings. The molecule has 1 aliphatic rings. The number of carbonyl (C=O) groups excluding carboxylic acids is 1. The van der Waals surface area contributed by atoms with E-state index in [0.717, 1.165) is 17.7 Å². The Morgan fingerprint density at radius 2 is 2.04 bits per heavy atom. The molecule has 7 nitrogen and oxygen atoms in total. The highest BCUT2D eigenvalue weighted by Gasteiger charge is 2.17. The number of nitrogens with zero attached hydrogens (tertiary/aromatic N) is 2. The fraction of sp³-hybridized carbons (Fsp3) is 0.211. The van der Waals surface area contributed by atoms with Gasteiger partial charge in [-0.2, -0.15) is 0 Å². The number of benzene rings is 2. The second-order valence-corrected chi connectivity index (χ2v) is 6.76. The molecule has 0 aliphatic carbocycles. The molecule has 0 saturated carbocycles. The van der Waals surface area contributed by atoms with Gasteiger partial charge in [0.15, 0.2) is 11.5 Å². The molecular weight excluding hydrogens is 366 g/mol. The molecule has 0 saturated heterocycles. The van der Waals surface area contributed by atoms with Gasteiger partial charge in [0, 0.05) is 11.3 Å². The maximum Gasteiger partial charge on any atom is 0.277 e. The van der Waals surface area contributed by atoms with Crippen molar-refractivity contribution in [2.45, 2.75) is 18.6 Å². The van der Waals surface area contributed by atoms with Gasteiger partial charge in [-0.25, -0.2) is 0 Å². The number of anilines is 1. The number of carbonyl (C=O) groups is 1. The number of rotatable bonds is 6. The van der Waals surface area contributed by atoms with Crippen molar-refractivity contribution < 1.29 is 18.7 Å². The third kappa shape index (κ3) is 4.06. The number of aryl methyl sites for hydroxylation is 1. The number of nitrogens with one attached hydrogen (secondary N) is 1. The van der Waals surface area contributed by atoms with Gasteiger partial charge in [0.25, 0.3) is 5.22 Å². The van der Waals surface area contributed by atoms with E-state index in [1.54, 1.807) is 12.1 Å². The zero-order valence-electron chi connectivity index (χ0n) is 14.6. The van der Waals surface area contributed by atoms with Crippen molar-refractivity contribution in [1.82, 2.24) is 10.2 Å². The van der Waals surface area contributed by atoms with Crippen LogP contribution in [0.25, 0.3) is 11.5 Å². The summed E-state index contributed by atoms with van der Waals surface area (Å²) in [4.78, 5) is 12.1. The van der Waals surface area contributed by atoms with Crippen LogP contribution in [0.3, 0.4) is 0 Å². The molecule has 4 rings (SSSR count). The van der Waals surface area contributed by atoms with E-state index in [0.29, 0.717) is 22.6 Å². The Morgan fingerprint density at radius 3 is 2.93 bits per heavy atom. The summed E-state index contributed by atoms with van der Waals surface area (Å²) < 4.78 is 16.3. The highest BCUT2D eigenvalue weighted by molar-refractivity contribution is 7.99. The first-order valence-corrected chi connectivity index (χ1v) is 9.45. The first-order valence-electron chi connectivity index (χ1n) is 8.46. The molecule has 8 heteroatoms. The summed E-state index contributed by atoms with van der Waals surface area (Å²) in [6.45, 7) is 2.28. The molecule has 0 radical (unpaired) electrons. The highest BCUT2D eigenvalue weighted by Crippen LogP contribution is 2.36. The topological polar surface area (TPSA) is 86.5 Å². The van der Waals surface area contributed by atoms with Crippen LogP contribution in [0.2, 0.25) is 0 Å². The van der Waals surface area contributed by atoms with Gasteiger partial charge in [-0.3, -0.25) is 4.79 Å². The van der Waals surface area contributed by atoms with Gasteiger partial charge in [-0.1, -0.05) is 30.8 Å². The number of hydrogen-bond acceptors (Lipinski definition) is 7. The standard InChI is InChI=1S/C19H17N3O4S/c1-2-12-4-3-5-14(8-12)20-17(23)10-27-19-22-21-18(26-19)13-6-7-15-16(9-13)25-11-24-15/h3-9H,2,10-11H2,1H3,(H,20,23). The van der Waals surface area contributed by atoms with Gasteiger partial charge < -0.3 is 19.2 Å². The van der Waals surface area contributed by atoms with E-state index in [1.807, 2.05) is 30.3 Å². The van der Waals surface area contributed by atoms with Gasteiger partial charge in [-0.05, 0) is 42.3 Å². The molecule has 0 atom stereocenters. The molecule has 2 aromatic carbocycles. The van der Waals surface area contributed by atoms with Gasteiger partial charge in [-0.15, -0.1) is 10.2 Å². The van der Waals surface area contributed by atoms with Crippen molar-refractivity contribution in [1.29, 1.82) is 0 Å². The Labute approximate surface area is 160 Å². The minimum atomic E-state index is -0.129. The smallest absolute Gasteiger partial charge is 0.277 e. The van der Waals surface area contributed by atoms with Gasteiger partial charge in [0.05, 0.1) is 5.75 Å². The van der Waals surface area contributed by atoms with Crippen LogP contribution in [0.1, 0.15) is 12.5 Å². The van der Waals surface area contributed by atoms with Crippen LogP contribution in [0.5, 0.6) is 11.5 Å². The maximum absolute atomic E-state index is 12.1. The Hall–Kier alpha value is -3.00. The minimum absolute atomic E-state index is 0.129. The number of hydrogen-bond donors (Lipinski definition) is 1. The quantitative estimate of drug-likeness (QED) is 0.649. The Kier molecular flexibility index (Phi) is 4.97. The molecule has 1 amide bonds. The number of amides is 1. The molecule has 0 spiro atoms. The average Bonchev–Trinajstić information content (AvgIpc) is 3.35. The Balaban J connectivity index is 1.36. The van der Waals surface area contributed by atoms with Gasteiger partial charge in [0.2, 0.25) is 18.6 Å². The lowest BCUT2D eigenvalue weighted by Gasteiger charge is -2.05. The molecule has 0 unspecified atom stereocenters. The molecule has 27 heavy (non-hydrogen) atoms. The maximum atomic E-state index is 12.1. The van der Waals surface area contributed by atoms with E-state index in [4.69, 9.17) is 13.9 Å². The van der Waals surface area contributed by atoms with E-state index >= 15 is 0 Å². The number of fused-ring (bicyclic) bond motifs is 1. The summed E-state index contributed by atoms with van der Waals surface area (Å²) in [5, 5.41) is 11.2. The molecule has 2 heterocycles. The monoisotopic (exact) mass is 383 g/mol. The highest BCUT2D eigenvalue weighted by atomic mass is 32.2. The molecular formula is C19H17N3O4S. The molecule has 138 valence electrons. The van der Waals surface area contributed by atoms with Crippen molar-refractivity contribution in [3.05, 3.63) is 48.0 Å². The minimum Gasteiger partial charge on any atom is -0.454 e. The van der Waals surface area contributed by atoms with Gasteiger partial charge >= 0.3 is 0 Å². The Morgan fingerprint density at radius 1 is 1.15 bits per heavy atom. The molecule has 1 N–H and O–H groups in total. The summed E-state index contributed by atoms with van der Waals surface area (Å²) in [5.74, 6) is 1.76. The number of aromatic nitrogens is 2. The summed E-state index contributed by atoms with van der Waals surface area (Å²) in [6, 6.07) is 13.2. The summed E-state index contributed by atoms with van der Waals surface area (Å²) in [5.41, 5.74) is 2.69. The lowest BCUT2D eigenvalue weighted by atomic mass is 10.1. The SMILES string of the molecule is CCc1cccc(NC(=O)CSc2nnc(-c3ccc4c(c3)OCO4)o2)c1. The predicted molar refractivity (Wildman–Crippen MR) is 101 cm³/mol. The first kappa shape index (κ1) is 17.4. The van der Waals surface area contributed by atoms with E-state index in [-0.39, 0.29) is 18.5 Å². The first-order chi connectivity index (χ1) is 13.2. The fourth-order valence-corrected chi connectivity index (χ4v) is 3.17. The lowest BCUT2D eigenvalue weighted by molar-refractivity contribution is -0.113. The largest absolute Gasteiger partial charge is 0.454 e. The number of ether oxygens (including phenoxy) is 2. The van der Waals surface area contributed by atoms with Crippen LogP contribution in [0.4, 0.5) is 5.69 Å². The lowest BCUT2D eigenvalue weighted by Crippen LogP contribution is -2.14. The van der Waals surface area contributed by atoms with Crippen molar-refractivity contribution in [3.63, 3.8) is 0 Å². The van der Waals surface area contributed by atoms with E-state index in [9.17, 15) is 4.79 Å². The van der Waals surface area contributed by atoms with Crippen molar-refractivity contribution in [3.8, 4) is 23.0 Å². The normalized spacial score (nSPS) is 12.2. The molecule has 1 aromatic heterocycles. The van der Waals surface area contributed by atoms with Crippen molar-refractivity contribution in [2.75, 3.05) is 17.9 Å². The molecule has 1 aliphatic heterocycles. The summed E-state index contributed by atoms with van der Waals surface area (Å²) in [7, 11) is 0. The van der Waals surface area contributed by atoms with Gasteiger partial charge in [0.1, 0.15) is 0 Å².